The Kier molecular flexibility index (Phi) is 6.29. The lowest BCUT2D eigenvalue weighted by Gasteiger charge is -2.31. The molecule has 144 valence electrons. The van der Waals surface area contributed by atoms with Crippen molar-refractivity contribution in [3.8, 4) is 0 Å². The van der Waals surface area contributed by atoms with Crippen LogP contribution in [0.15, 0.2) is 41.0 Å². The third-order valence-electron chi connectivity index (χ3n) is 5.19. The van der Waals surface area contributed by atoms with Crippen LogP contribution in [0.25, 0.3) is 0 Å². The number of rotatable bonds is 5. The van der Waals surface area contributed by atoms with Crippen LogP contribution in [0.1, 0.15) is 29.7 Å². The molecule has 2 heterocycles. The average Bonchev–Trinajstić information content (AvgIpc) is 3.17. The fraction of sp³-hybridized carbons (Fsp3) is 0.429. The lowest BCUT2D eigenvalue weighted by molar-refractivity contribution is -0.136. The molecule has 6 nitrogen and oxygen atoms in total. The number of amides is 2. The Balaban J connectivity index is 1.38. The first-order valence-electron chi connectivity index (χ1n) is 9.42. The molecule has 2 amide bonds. The molecule has 1 aromatic carbocycles. The number of piperidine rings is 1. The van der Waals surface area contributed by atoms with Crippen molar-refractivity contribution >= 4 is 17.5 Å². The van der Waals surface area contributed by atoms with E-state index in [4.69, 9.17) is 4.42 Å². The quantitative estimate of drug-likeness (QED) is 0.795. The maximum atomic E-state index is 12.1. The number of hydrogen-bond donors (Lipinski definition) is 2. The minimum absolute atomic E-state index is 0.399. The zero-order valence-corrected chi connectivity index (χ0v) is 16.0. The molecule has 0 saturated carbocycles. The summed E-state index contributed by atoms with van der Waals surface area (Å²) < 4.78 is 5.39. The SMILES string of the molecule is Cc1ccc(NC(=O)C(=O)NCC2CCN(Cc3ccco3)CC2)cc1C. The van der Waals surface area contributed by atoms with Crippen molar-refractivity contribution in [2.45, 2.75) is 33.2 Å². The molecule has 3 rings (SSSR count). The smallest absolute Gasteiger partial charge is 0.313 e. The number of aryl methyl sites for hydroxylation is 2. The van der Waals surface area contributed by atoms with Gasteiger partial charge in [0.15, 0.2) is 0 Å². The van der Waals surface area contributed by atoms with Crippen molar-refractivity contribution in [1.29, 1.82) is 0 Å². The summed E-state index contributed by atoms with van der Waals surface area (Å²) in [5.74, 6) is 0.181. The lowest BCUT2D eigenvalue weighted by Crippen LogP contribution is -2.41. The predicted octanol–water partition coefficient (Wildman–Crippen LogP) is 2.86. The summed E-state index contributed by atoms with van der Waals surface area (Å²) in [4.78, 5) is 26.5. The molecular formula is C21H27N3O3. The number of carbonyl (C=O) groups is 2. The zero-order chi connectivity index (χ0) is 19.2. The first-order chi connectivity index (χ1) is 13.0. The van der Waals surface area contributed by atoms with Gasteiger partial charge in [-0.2, -0.15) is 0 Å². The van der Waals surface area contributed by atoms with Crippen molar-refractivity contribution in [2.75, 3.05) is 25.0 Å². The van der Waals surface area contributed by atoms with Crippen molar-refractivity contribution in [3.05, 3.63) is 53.5 Å². The van der Waals surface area contributed by atoms with Gasteiger partial charge in [-0.1, -0.05) is 6.07 Å². The van der Waals surface area contributed by atoms with Gasteiger partial charge in [0.25, 0.3) is 0 Å². The van der Waals surface area contributed by atoms with Crippen molar-refractivity contribution in [3.63, 3.8) is 0 Å². The highest BCUT2D eigenvalue weighted by atomic mass is 16.3. The molecule has 0 spiro atoms. The Morgan fingerprint density at radius 1 is 1.11 bits per heavy atom. The van der Waals surface area contributed by atoms with Crippen molar-refractivity contribution in [1.82, 2.24) is 10.2 Å². The van der Waals surface area contributed by atoms with Gasteiger partial charge < -0.3 is 15.1 Å². The summed E-state index contributed by atoms with van der Waals surface area (Å²) in [5.41, 5.74) is 2.87. The third-order valence-corrected chi connectivity index (χ3v) is 5.19. The Hall–Kier alpha value is -2.60. The molecule has 0 bridgehead atoms. The first-order valence-corrected chi connectivity index (χ1v) is 9.42. The van der Waals surface area contributed by atoms with E-state index in [0.29, 0.717) is 18.2 Å². The van der Waals surface area contributed by atoms with E-state index >= 15 is 0 Å². The van der Waals surface area contributed by atoms with Gasteiger partial charge in [-0.15, -0.1) is 0 Å². The second kappa shape index (κ2) is 8.86. The summed E-state index contributed by atoms with van der Waals surface area (Å²) in [5, 5.41) is 5.43. The summed E-state index contributed by atoms with van der Waals surface area (Å²) >= 11 is 0. The van der Waals surface area contributed by atoms with E-state index in [9.17, 15) is 9.59 Å². The number of benzene rings is 1. The molecule has 0 unspecified atom stereocenters. The molecular weight excluding hydrogens is 342 g/mol. The van der Waals surface area contributed by atoms with Crippen LogP contribution in [0.3, 0.4) is 0 Å². The molecule has 1 aromatic heterocycles. The van der Waals surface area contributed by atoms with E-state index in [1.807, 2.05) is 44.2 Å². The Bertz CT molecular complexity index is 778. The number of nitrogens with zero attached hydrogens (tertiary/aromatic N) is 1. The van der Waals surface area contributed by atoms with E-state index in [-0.39, 0.29) is 0 Å². The minimum Gasteiger partial charge on any atom is -0.468 e. The van der Waals surface area contributed by atoms with Crippen LogP contribution in [-0.4, -0.2) is 36.3 Å². The van der Waals surface area contributed by atoms with Crippen LogP contribution in [0.4, 0.5) is 5.69 Å². The monoisotopic (exact) mass is 369 g/mol. The molecule has 2 aromatic rings. The summed E-state index contributed by atoms with van der Waals surface area (Å²) in [7, 11) is 0. The van der Waals surface area contributed by atoms with Gasteiger partial charge in [-0.25, -0.2) is 0 Å². The number of furan rings is 1. The fourth-order valence-electron chi connectivity index (χ4n) is 3.30. The van der Waals surface area contributed by atoms with Gasteiger partial charge in [0.1, 0.15) is 5.76 Å². The van der Waals surface area contributed by atoms with E-state index in [1.165, 1.54) is 0 Å². The maximum absolute atomic E-state index is 12.1. The minimum atomic E-state index is -0.617. The lowest BCUT2D eigenvalue weighted by atomic mass is 9.96. The van der Waals surface area contributed by atoms with Gasteiger partial charge >= 0.3 is 11.8 Å². The average molecular weight is 369 g/mol. The molecule has 1 fully saturated rings. The normalized spacial score (nSPS) is 15.5. The van der Waals surface area contributed by atoms with Crippen LogP contribution >= 0.6 is 0 Å². The molecule has 0 aliphatic carbocycles. The largest absolute Gasteiger partial charge is 0.468 e. The van der Waals surface area contributed by atoms with Gasteiger partial charge in [0.2, 0.25) is 0 Å². The highest BCUT2D eigenvalue weighted by Crippen LogP contribution is 2.18. The summed E-state index contributed by atoms with van der Waals surface area (Å²) in [6, 6.07) is 9.50. The molecule has 6 heteroatoms. The highest BCUT2D eigenvalue weighted by Gasteiger charge is 2.22. The van der Waals surface area contributed by atoms with Crippen LogP contribution in [0, 0.1) is 19.8 Å². The number of likely N-dealkylation sites (tertiary alicyclic amines) is 1. The summed E-state index contributed by atoms with van der Waals surface area (Å²) in [6.07, 6.45) is 3.69. The van der Waals surface area contributed by atoms with E-state index < -0.39 is 11.8 Å². The standard InChI is InChI=1S/C21H27N3O3/c1-15-5-6-18(12-16(15)2)23-21(26)20(25)22-13-17-7-9-24(10-8-17)14-19-4-3-11-27-19/h3-6,11-12,17H,7-10,13-14H2,1-2H3,(H,22,25)(H,23,26). The number of anilines is 1. The van der Waals surface area contributed by atoms with Gasteiger partial charge in [-0.05, 0) is 81.1 Å². The predicted molar refractivity (Wildman–Crippen MR) is 104 cm³/mol. The molecule has 0 atom stereocenters. The molecule has 2 N–H and O–H groups in total. The summed E-state index contributed by atoms with van der Waals surface area (Å²) in [6.45, 7) is 7.28. The molecule has 1 aliphatic rings. The van der Waals surface area contributed by atoms with Crippen LogP contribution in [0.2, 0.25) is 0 Å². The molecule has 1 aliphatic heterocycles. The number of nitrogens with one attached hydrogen (secondary N) is 2. The molecule has 27 heavy (non-hydrogen) atoms. The van der Waals surface area contributed by atoms with Crippen LogP contribution in [0.5, 0.6) is 0 Å². The number of carbonyl (C=O) groups excluding carboxylic acids is 2. The molecule has 1 saturated heterocycles. The Morgan fingerprint density at radius 3 is 2.56 bits per heavy atom. The van der Waals surface area contributed by atoms with Gasteiger partial charge in [-0.3, -0.25) is 14.5 Å². The fourth-order valence-corrected chi connectivity index (χ4v) is 3.30. The van der Waals surface area contributed by atoms with E-state index in [2.05, 4.69) is 15.5 Å². The second-order valence-electron chi connectivity index (χ2n) is 7.26. The van der Waals surface area contributed by atoms with Gasteiger partial charge in [0.05, 0.1) is 12.8 Å². The van der Waals surface area contributed by atoms with E-state index in [1.54, 1.807) is 6.26 Å². The van der Waals surface area contributed by atoms with Crippen molar-refractivity contribution < 1.29 is 14.0 Å². The Labute approximate surface area is 159 Å². The molecule has 0 radical (unpaired) electrons. The second-order valence-corrected chi connectivity index (χ2v) is 7.26. The topological polar surface area (TPSA) is 74.6 Å². The maximum Gasteiger partial charge on any atom is 0.313 e. The first kappa shape index (κ1) is 19.2. The third kappa shape index (κ3) is 5.44. The zero-order valence-electron chi connectivity index (χ0n) is 16.0. The highest BCUT2D eigenvalue weighted by molar-refractivity contribution is 6.39. The van der Waals surface area contributed by atoms with Crippen molar-refractivity contribution in [2.24, 2.45) is 5.92 Å². The Morgan fingerprint density at radius 2 is 1.89 bits per heavy atom. The number of hydrogen-bond acceptors (Lipinski definition) is 4. The van der Waals surface area contributed by atoms with Gasteiger partial charge in [0, 0.05) is 12.2 Å². The van der Waals surface area contributed by atoms with E-state index in [0.717, 1.165) is 49.4 Å². The van der Waals surface area contributed by atoms with Crippen LogP contribution < -0.4 is 10.6 Å². The van der Waals surface area contributed by atoms with Crippen LogP contribution in [-0.2, 0) is 16.1 Å².